The van der Waals surface area contributed by atoms with Gasteiger partial charge in [-0.25, -0.2) is 39.6 Å². The molecule has 3 heterocycles. The summed E-state index contributed by atoms with van der Waals surface area (Å²) in [7, 11) is -9.50. The molecule has 0 aliphatic carbocycles. The van der Waals surface area contributed by atoms with Crippen LogP contribution in [0.1, 0.15) is 19.3 Å². The topological polar surface area (TPSA) is 221 Å². The van der Waals surface area contributed by atoms with Gasteiger partial charge < -0.3 is 30.2 Å². The molecular formula is C21H36N4O12S3. The number of nitrogens with one attached hydrogen (secondary N) is 3. The Labute approximate surface area is 233 Å². The van der Waals surface area contributed by atoms with Crippen molar-refractivity contribution in [1.29, 1.82) is 0 Å². The van der Waals surface area contributed by atoms with Crippen LogP contribution in [0.5, 0.6) is 0 Å². The first-order valence-electron chi connectivity index (χ1n) is 12.8. The number of nitrogens with zero attached hydrogens (tertiary/aromatic N) is 1. The van der Waals surface area contributed by atoms with Crippen LogP contribution in [0, 0.1) is 0 Å². The molecule has 0 bridgehead atoms. The second-order valence-corrected chi connectivity index (χ2v) is 16.7. The highest BCUT2D eigenvalue weighted by Crippen LogP contribution is 2.13. The summed E-state index contributed by atoms with van der Waals surface area (Å²) in [6.45, 7) is 0.201. The molecule has 3 saturated heterocycles. The minimum atomic E-state index is -3.17. The smallest absolute Gasteiger partial charge is 0.407 e. The minimum absolute atomic E-state index is 0.00000275. The SMILES string of the molecule is O=C(NC1CCS(=O)(=O)C1)OCCN(CCOC(=O)NC1CCS(=O)(=O)C1)CCOC(=O)NC1CCS(=O)(=O)C1. The quantitative estimate of drug-likeness (QED) is 0.199. The fourth-order valence-electron chi connectivity index (χ4n) is 4.49. The Balaban J connectivity index is 1.40. The van der Waals surface area contributed by atoms with Crippen molar-refractivity contribution in [3.8, 4) is 0 Å². The standard InChI is InChI=1S/C21H36N4O12S3/c26-19(22-16-1-10-38(29,30)13-16)35-7-4-25(5-8-36-20(27)23-17-2-11-39(31,32)14-17)6-9-37-21(28)24-18-3-12-40(33,34)15-18/h16-18H,1-15H2,(H,22,26)(H,23,27)(H,24,28). The molecule has 0 saturated carbocycles. The zero-order valence-electron chi connectivity index (χ0n) is 21.9. The Morgan fingerprint density at radius 2 is 0.825 bits per heavy atom. The maximum absolute atomic E-state index is 12.0. The Morgan fingerprint density at radius 3 is 1.05 bits per heavy atom. The molecule has 230 valence electrons. The first kappa shape index (κ1) is 32.1. The molecule has 3 aliphatic heterocycles. The van der Waals surface area contributed by atoms with Crippen molar-refractivity contribution in [1.82, 2.24) is 20.9 Å². The second kappa shape index (κ2) is 14.0. The summed E-state index contributed by atoms with van der Waals surface area (Å²) in [5.41, 5.74) is 0. The Hall–Kier alpha value is -2.38. The second-order valence-electron chi connectivity index (χ2n) is 9.98. The Kier molecular flexibility index (Phi) is 11.2. The molecule has 0 aromatic heterocycles. The van der Waals surface area contributed by atoms with Crippen LogP contribution in [0.3, 0.4) is 0 Å². The summed E-state index contributed by atoms with van der Waals surface area (Å²) < 4.78 is 84.6. The number of sulfone groups is 3. The largest absolute Gasteiger partial charge is 0.448 e. The maximum Gasteiger partial charge on any atom is 0.407 e. The third-order valence-electron chi connectivity index (χ3n) is 6.59. The molecule has 0 aromatic rings. The van der Waals surface area contributed by atoms with Crippen LogP contribution in [-0.2, 0) is 43.7 Å². The highest BCUT2D eigenvalue weighted by atomic mass is 32.2. The number of rotatable bonds is 12. The van der Waals surface area contributed by atoms with Crippen molar-refractivity contribution >= 4 is 47.8 Å². The van der Waals surface area contributed by atoms with E-state index in [-0.39, 0.29) is 74.0 Å². The lowest BCUT2D eigenvalue weighted by Gasteiger charge is -2.22. The van der Waals surface area contributed by atoms with Crippen molar-refractivity contribution in [3.63, 3.8) is 0 Å². The van der Waals surface area contributed by atoms with Gasteiger partial charge in [-0.15, -0.1) is 0 Å². The highest BCUT2D eigenvalue weighted by molar-refractivity contribution is 7.92. The van der Waals surface area contributed by atoms with E-state index in [0.29, 0.717) is 19.3 Å². The summed E-state index contributed by atoms with van der Waals surface area (Å²) in [6.07, 6.45) is -1.39. The van der Waals surface area contributed by atoms with Gasteiger partial charge in [-0.1, -0.05) is 0 Å². The van der Waals surface area contributed by atoms with E-state index >= 15 is 0 Å². The van der Waals surface area contributed by atoms with E-state index in [1.54, 1.807) is 4.90 Å². The molecule has 3 fully saturated rings. The monoisotopic (exact) mass is 632 g/mol. The summed E-state index contributed by atoms with van der Waals surface area (Å²) in [5, 5.41) is 7.51. The van der Waals surface area contributed by atoms with E-state index in [1.807, 2.05) is 0 Å². The van der Waals surface area contributed by atoms with E-state index in [0.717, 1.165) is 0 Å². The summed E-state index contributed by atoms with van der Waals surface area (Å²) in [6, 6.07) is -1.55. The van der Waals surface area contributed by atoms with Gasteiger partial charge in [0.15, 0.2) is 29.5 Å². The average molecular weight is 633 g/mol. The fourth-order valence-corrected chi connectivity index (χ4v) is 9.51. The molecular weight excluding hydrogens is 596 g/mol. The minimum Gasteiger partial charge on any atom is -0.448 e. The predicted molar refractivity (Wildman–Crippen MR) is 141 cm³/mol. The molecule has 0 spiro atoms. The zero-order valence-corrected chi connectivity index (χ0v) is 24.4. The van der Waals surface area contributed by atoms with Gasteiger partial charge in [-0.05, 0) is 19.3 Å². The van der Waals surface area contributed by atoms with Crippen LogP contribution in [0.4, 0.5) is 14.4 Å². The normalized spacial score (nSPS) is 26.2. The number of carbonyl (C=O) groups is 3. The summed E-state index contributed by atoms with van der Waals surface area (Å²) in [5.74, 6) is -0.439. The third kappa shape index (κ3) is 11.6. The van der Waals surface area contributed by atoms with Crippen LogP contribution in [0.25, 0.3) is 0 Å². The molecule has 3 amide bonds. The van der Waals surface area contributed by atoms with E-state index in [2.05, 4.69) is 16.0 Å². The average Bonchev–Trinajstić information content (AvgIpc) is 3.47. The molecule has 3 N–H and O–H groups in total. The number of hydrogen-bond acceptors (Lipinski definition) is 13. The van der Waals surface area contributed by atoms with Gasteiger partial charge >= 0.3 is 18.3 Å². The van der Waals surface area contributed by atoms with E-state index in [4.69, 9.17) is 14.2 Å². The van der Waals surface area contributed by atoms with Gasteiger partial charge in [0.1, 0.15) is 19.8 Å². The van der Waals surface area contributed by atoms with Gasteiger partial charge in [0, 0.05) is 37.8 Å². The maximum atomic E-state index is 12.0. The number of alkyl carbamates (subject to hydrolysis) is 3. The molecule has 40 heavy (non-hydrogen) atoms. The highest BCUT2D eigenvalue weighted by Gasteiger charge is 2.31. The zero-order chi connectivity index (χ0) is 29.4. The van der Waals surface area contributed by atoms with Crippen molar-refractivity contribution in [2.45, 2.75) is 37.4 Å². The lowest BCUT2D eigenvalue weighted by atomic mass is 10.3. The van der Waals surface area contributed by atoms with E-state index < -0.39 is 65.9 Å². The lowest BCUT2D eigenvalue weighted by molar-refractivity contribution is 0.0882. The van der Waals surface area contributed by atoms with Gasteiger partial charge in [-0.3, -0.25) is 4.90 Å². The van der Waals surface area contributed by atoms with Gasteiger partial charge in [-0.2, -0.15) is 0 Å². The van der Waals surface area contributed by atoms with Crippen molar-refractivity contribution in [3.05, 3.63) is 0 Å². The number of carbonyl (C=O) groups excluding carboxylic acids is 3. The van der Waals surface area contributed by atoms with Crippen LogP contribution in [-0.4, -0.2) is 141 Å². The van der Waals surface area contributed by atoms with Crippen molar-refractivity contribution in [2.24, 2.45) is 0 Å². The van der Waals surface area contributed by atoms with Crippen LogP contribution in [0.15, 0.2) is 0 Å². The Bertz CT molecular complexity index is 1090. The number of hydrogen-bond donors (Lipinski definition) is 3. The van der Waals surface area contributed by atoms with E-state index in [1.165, 1.54) is 0 Å². The third-order valence-corrected chi connectivity index (χ3v) is 11.9. The number of ether oxygens (including phenoxy) is 3. The molecule has 3 aliphatic rings. The van der Waals surface area contributed by atoms with Gasteiger partial charge in [0.25, 0.3) is 0 Å². The van der Waals surface area contributed by atoms with Crippen LogP contribution in [0.2, 0.25) is 0 Å². The van der Waals surface area contributed by atoms with Crippen LogP contribution >= 0.6 is 0 Å². The number of amides is 3. The Morgan fingerprint density at radius 1 is 0.550 bits per heavy atom. The van der Waals surface area contributed by atoms with Crippen molar-refractivity contribution < 1.29 is 53.8 Å². The van der Waals surface area contributed by atoms with Gasteiger partial charge in [0.05, 0.1) is 34.5 Å². The van der Waals surface area contributed by atoms with Crippen molar-refractivity contribution in [2.75, 3.05) is 74.0 Å². The van der Waals surface area contributed by atoms with E-state index in [9.17, 15) is 39.6 Å². The molecule has 3 atom stereocenters. The predicted octanol–water partition coefficient (Wildman–Crippen LogP) is -1.97. The first-order valence-corrected chi connectivity index (χ1v) is 18.3. The van der Waals surface area contributed by atoms with Crippen LogP contribution < -0.4 is 16.0 Å². The molecule has 3 unspecified atom stereocenters. The first-order chi connectivity index (χ1) is 18.7. The van der Waals surface area contributed by atoms with Gasteiger partial charge in [0.2, 0.25) is 0 Å². The molecule has 3 rings (SSSR count). The fraction of sp³-hybridized carbons (Fsp3) is 0.857. The summed E-state index contributed by atoms with van der Waals surface area (Å²) in [4.78, 5) is 37.8. The molecule has 0 radical (unpaired) electrons. The molecule has 0 aromatic carbocycles. The molecule has 19 heteroatoms. The lowest BCUT2D eigenvalue weighted by Crippen LogP contribution is -2.41. The molecule has 16 nitrogen and oxygen atoms in total. The summed E-state index contributed by atoms with van der Waals surface area (Å²) >= 11 is 0.